The van der Waals surface area contributed by atoms with Crippen molar-refractivity contribution in [2.24, 2.45) is 5.41 Å². The Morgan fingerprint density at radius 2 is 1.77 bits per heavy atom. The summed E-state index contributed by atoms with van der Waals surface area (Å²) in [5, 5.41) is 11.7. The predicted octanol–water partition coefficient (Wildman–Crippen LogP) is 3.33. The van der Waals surface area contributed by atoms with E-state index < -0.39 is 5.41 Å². The summed E-state index contributed by atoms with van der Waals surface area (Å²) < 4.78 is 0. The van der Waals surface area contributed by atoms with Crippen LogP contribution in [0.2, 0.25) is 0 Å². The highest BCUT2D eigenvalue weighted by molar-refractivity contribution is 6.13. The van der Waals surface area contributed by atoms with Crippen LogP contribution in [0.3, 0.4) is 0 Å². The van der Waals surface area contributed by atoms with Gasteiger partial charge in [0.1, 0.15) is 5.41 Å². The normalized spacial score (nSPS) is 14.2. The second kappa shape index (κ2) is 7.40. The van der Waals surface area contributed by atoms with Crippen LogP contribution in [0.15, 0.2) is 54.6 Å². The van der Waals surface area contributed by atoms with E-state index in [2.05, 4.69) is 5.32 Å². The summed E-state index contributed by atoms with van der Waals surface area (Å²) in [5.74, 6) is -0.381. The Morgan fingerprint density at radius 1 is 1.12 bits per heavy atom. The zero-order valence-electron chi connectivity index (χ0n) is 14.7. The van der Waals surface area contributed by atoms with Crippen molar-refractivity contribution in [1.29, 1.82) is 5.26 Å². The van der Waals surface area contributed by atoms with Crippen LogP contribution in [0.25, 0.3) is 0 Å². The Labute approximate surface area is 153 Å². The monoisotopic (exact) mass is 347 g/mol. The largest absolute Gasteiger partial charge is 0.338 e. The van der Waals surface area contributed by atoms with Crippen molar-refractivity contribution in [3.63, 3.8) is 0 Å². The molecule has 0 bridgehead atoms. The molecule has 1 N–H and O–H groups in total. The van der Waals surface area contributed by atoms with Gasteiger partial charge in [-0.2, -0.15) is 5.26 Å². The van der Waals surface area contributed by atoms with Gasteiger partial charge in [-0.25, -0.2) is 0 Å². The Bertz CT molecular complexity index is 834. The lowest BCUT2D eigenvalue weighted by Crippen LogP contribution is -2.42. The molecule has 5 nitrogen and oxygen atoms in total. The van der Waals surface area contributed by atoms with E-state index in [9.17, 15) is 9.59 Å². The van der Waals surface area contributed by atoms with E-state index in [-0.39, 0.29) is 11.8 Å². The first-order valence-electron chi connectivity index (χ1n) is 8.74. The molecule has 2 aromatic rings. The van der Waals surface area contributed by atoms with E-state index in [1.165, 1.54) is 0 Å². The minimum atomic E-state index is -0.960. The number of rotatable bonds is 6. The lowest BCUT2D eigenvalue weighted by atomic mass is 10.0. The standard InChI is InChI=1S/C21H21N3O2/c1-2-24(15-17-6-4-3-5-7-17)20(26)21(12-13-21)19(25)23-18-10-8-16(14-22)9-11-18/h3-11H,2,12-13,15H2,1H3,(H,23,25). The van der Waals surface area contributed by atoms with Crippen molar-refractivity contribution in [2.45, 2.75) is 26.3 Å². The third-order valence-electron chi connectivity index (χ3n) is 4.75. The Hall–Kier alpha value is -3.13. The van der Waals surface area contributed by atoms with Crippen molar-refractivity contribution in [2.75, 3.05) is 11.9 Å². The molecule has 0 aliphatic heterocycles. The van der Waals surface area contributed by atoms with Gasteiger partial charge in [0, 0.05) is 18.8 Å². The van der Waals surface area contributed by atoms with Crippen molar-refractivity contribution in [1.82, 2.24) is 4.90 Å². The fourth-order valence-corrected chi connectivity index (χ4v) is 2.98. The summed E-state index contributed by atoms with van der Waals surface area (Å²) in [6, 6.07) is 18.5. The highest BCUT2D eigenvalue weighted by atomic mass is 16.2. The topological polar surface area (TPSA) is 73.2 Å². The number of nitrogens with one attached hydrogen (secondary N) is 1. The summed E-state index contributed by atoms with van der Waals surface area (Å²) in [6.45, 7) is 2.98. The van der Waals surface area contributed by atoms with Crippen LogP contribution in [-0.2, 0) is 16.1 Å². The summed E-state index contributed by atoms with van der Waals surface area (Å²) in [6.07, 6.45) is 1.14. The molecule has 0 aromatic heterocycles. The van der Waals surface area contributed by atoms with E-state index in [4.69, 9.17) is 5.26 Å². The van der Waals surface area contributed by atoms with Gasteiger partial charge in [0.15, 0.2) is 0 Å². The summed E-state index contributed by atoms with van der Waals surface area (Å²) in [5.41, 5.74) is 1.21. The lowest BCUT2D eigenvalue weighted by molar-refractivity contribution is -0.142. The SMILES string of the molecule is CCN(Cc1ccccc1)C(=O)C1(C(=O)Nc2ccc(C#N)cc2)CC1. The quantitative estimate of drug-likeness (QED) is 0.815. The van der Waals surface area contributed by atoms with Crippen LogP contribution >= 0.6 is 0 Å². The third-order valence-corrected chi connectivity index (χ3v) is 4.75. The van der Waals surface area contributed by atoms with Gasteiger partial charge >= 0.3 is 0 Å². The second-order valence-corrected chi connectivity index (χ2v) is 6.53. The minimum absolute atomic E-state index is 0.116. The Morgan fingerprint density at radius 3 is 2.31 bits per heavy atom. The fraction of sp³-hybridized carbons (Fsp3) is 0.286. The summed E-state index contributed by atoms with van der Waals surface area (Å²) in [4.78, 5) is 27.5. The van der Waals surface area contributed by atoms with E-state index in [1.807, 2.05) is 43.3 Å². The molecule has 26 heavy (non-hydrogen) atoms. The molecule has 0 spiro atoms. The Kier molecular flexibility index (Phi) is 5.04. The third kappa shape index (κ3) is 3.60. The summed E-state index contributed by atoms with van der Waals surface area (Å²) >= 11 is 0. The van der Waals surface area contributed by atoms with Crippen LogP contribution in [0, 0.1) is 16.7 Å². The maximum absolute atomic E-state index is 13.0. The van der Waals surface area contributed by atoms with E-state index in [1.54, 1.807) is 29.2 Å². The number of benzene rings is 2. The van der Waals surface area contributed by atoms with Crippen LogP contribution in [-0.4, -0.2) is 23.3 Å². The van der Waals surface area contributed by atoms with Gasteiger partial charge in [0.05, 0.1) is 11.6 Å². The molecule has 1 aliphatic carbocycles. The fourth-order valence-electron chi connectivity index (χ4n) is 2.98. The second-order valence-electron chi connectivity index (χ2n) is 6.53. The van der Waals surface area contributed by atoms with Gasteiger partial charge in [-0.3, -0.25) is 9.59 Å². The molecule has 1 fully saturated rings. The molecule has 0 radical (unpaired) electrons. The van der Waals surface area contributed by atoms with E-state index in [0.717, 1.165) is 5.56 Å². The zero-order valence-corrected chi connectivity index (χ0v) is 14.7. The van der Waals surface area contributed by atoms with Crippen LogP contribution in [0.4, 0.5) is 5.69 Å². The van der Waals surface area contributed by atoms with Gasteiger partial charge in [0.2, 0.25) is 11.8 Å². The average molecular weight is 347 g/mol. The van der Waals surface area contributed by atoms with Gasteiger partial charge in [-0.05, 0) is 49.6 Å². The van der Waals surface area contributed by atoms with Crippen LogP contribution in [0.5, 0.6) is 0 Å². The molecule has 132 valence electrons. The smallest absolute Gasteiger partial charge is 0.240 e. The first-order valence-corrected chi connectivity index (χ1v) is 8.74. The maximum Gasteiger partial charge on any atom is 0.240 e. The number of hydrogen-bond donors (Lipinski definition) is 1. The molecule has 0 saturated heterocycles. The van der Waals surface area contributed by atoms with E-state index >= 15 is 0 Å². The van der Waals surface area contributed by atoms with Crippen molar-refractivity contribution in [3.8, 4) is 6.07 Å². The number of carbonyl (C=O) groups excluding carboxylic acids is 2. The molecule has 1 saturated carbocycles. The molecular weight excluding hydrogens is 326 g/mol. The van der Waals surface area contributed by atoms with Gasteiger partial charge < -0.3 is 10.2 Å². The predicted molar refractivity (Wildman–Crippen MR) is 99.0 cm³/mol. The first kappa shape index (κ1) is 17.7. The molecule has 2 aromatic carbocycles. The molecule has 2 amide bonds. The molecule has 0 atom stereocenters. The summed E-state index contributed by atoms with van der Waals surface area (Å²) in [7, 11) is 0. The molecular formula is C21H21N3O2. The molecule has 0 heterocycles. The zero-order chi connectivity index (χ0) is 18.6. The van der Waals surface area contributed by atoms with Crippen LogP contribution in [0.1, 0.15) is 30.9 Å². The molecule has 1 aliphatic rings. The lowest BCUT2D eigenvalue weighted by Gasteiger charge is -2.26. The Balaban J connectivity index is 1.70. The molecule has 3 rings (SSSR count). The molecule has 5 heteroatoms. The van der Waals surface area contributed by atoms with Crippen molar-refractivity contribution >= 4 is 17.5 Å². The van der Waals surface area contributed by atoms with Gasteiger partial charge in [0.25, 0.3) is 0 Å². The number of hydrogen-bond acceptors (Lipinski definition) is 3. The number of amides is 2. The van der Waals surface area contributed by atoms with Crippen molar-refractivity contribution < 1.29 is 9.59 Å². The molecule has 0 unspecified atom stereocenters. The van der Waals surface area contributed by atoms with Crippen LogP contribution < -0.4 is 5.32 Å². The average Bonchev–Trinajstić information content (AvgIpc) is 3.49. The number of nitriles is 1. The highest BCUT2D eigenvalue weighted by Gasteiger charge is 2.57. The minimum Gasteiger partial charge on any atom is -0.338 e. The highest BCUT2D eigenvalue weighted by Crippen LogP contribution is 2.48. The number of carbonyl (C=O) groups is 2. The van der Waals surface area contributed by atoms with E-state index in [0.29, 0.717) is 37.2 Å². The maximum atomic E-state index is 13.0. The first-order chi connectivity index (χ1) is 12.6. The van der Waals surface area contributed by atoms with Gasteiger partial charge in [-0.1, -0.05) is 30.3 Å². The van der Waals surface area contributed by atoms with Gasteiger partial charge in [-0.15, -0.1) is 0 Å². The number of anilines is 1. The number of nitrogens with zero attached hydrogens (tertiary/aromatic N) is 2. The van der Waals surface area contributed by atoms with Crippen molar-refractivity contribution in [3.05, 3.63) is 65.7 Å².